The number of carbonyl (C=O) groups excluding carboxylic acids is 6. The SMILES string of the molecule is O=C(O)CCC(=O)CCC(=O)CCNC(=O)C(CC(=O)NC(c1ccccc1)(c1ccccc1)c1ccccc1)NC(=O)C(=O)CC1c2ccccc2-c2ccccc21. The minimum Gasteiger partial charge on any atom is -0.481 e. The molecule has 6 rings (SSSR count). The van der Waals surface area contributed by atoms with Crippen molar-refractivity contribution in [3.05, 3.63) is 167 Å². The van der Waals surface area contributed by atoms with E-state index in [-0.39, 0.29) is 62.6 Å². The molecule has 0 fully saturated rings. The molecule has 0 spiro atoms. The fraction of sp³-hybridized carbons (Fsp3) is 0.229. The summed E-state index contributed by atoms with van der Waals surface area (Å²) in [5.74, 6) is -5.38. The van der Waals surface area contributed by atoms with Gasteiger partial charge in [-0.3, -0.25) is 33.6 Å². The maximum atomic E-state index is 14.4. The summed E-state index contributed by atoms with van der Waals surface area (Å²) >= 11 is 0. The first-order chi connectivity index (χ1) is 28.6. The molecule has 0 saturated heterocycles. The van der Waals surface area contributed by atoms with Crippen molar-refractivity contribution in [2.75, 3.05) is 6.54 Å². The highest BCUT2D eigenvalue weighted by Crippen LogP contribution is 2.46. The summed E-state index contributed by atoms with van der Waals surface area (Å²) in [7, 11) is 0. The smallest absolute Gasteiger partial charge is 0.303 e. The normalized spacial score (nSPS) is 12.3. The number of carboxylic acids is 1. The van der Waals surface area contributed by atoms with Crippen LogP contribution < -0.4 is 16.0 Å². The van der Waals surface area contributed by atoms with Crippen molar-refractivity contribution < 1.29 is 38.7 Å². The van der Waals surface area contributed by atoms with Gasteiger partial charge in [-0.15, -0.1) is 0 Å². The predicted molar refractivity (Wildman–Crippen MR) is 221 cm³/mol. The van der Waals surface area contributed by atoms with Crippen molar-refractivity contribution in [2.45, 2.75) is 62.4 Å². The lowest BCUT2D eigenvalue weighted by Crippen LogP contribution is -2.54. The number of carbonyl (C=O) groups is 7. The third-order valence-corrected chi connectivity index (χ3v) is 10.6. The van der Waals surface area contributed by atoms with Gasteiger partial charge in [-0.05, 0) is 38.9 Å². The van der Waals surface area contributed by atoms with E-state index in [2.05, 4.69) is 16.0 Å². The molecule has 0 bridgehead atoms. The van der Waals surface area contributed by atoms with Crippen LogP contribution >= 0.6 is 0 Å². The van der Waals surface area contributed by atoms with Gasteiger partial charge in [0.05, 0.1) is 12.8 Å². The van der Waals surface area contributed by atoms with Crippen molar-refractivity contribution in [1.82, 2.24) is 16.0 Å². The molecule has 11 heteroatoms. The number of hydrogen-bond donors (Lipinski definition) is 4. The summed E-state index contributed by atoms with van der Waals surface area (Å²) in [6.45, 7) is -0.166. The fourth-order valence-corrected chi connectivity index (χ4v) is 7.66. The predicted octanol–water partition coefficient (Wildman–Crippen LogP) is 6.03. The Hall–Kier alpha value is -7.01. The first-order valence-corrected chi connectivity index (χ1v) is 19.6. The zero-order valence-corrected chi connectivity index (χ0v) is 32.4. The molecule has 1 aliphatic rings. The van der Waals surface area contributed by atoms with Gasteiger partial charge in [0.15, 0.2) is 0 Å². The van der Waals surface area contributed by atoms with Crippen molar-refractivity contribution in [2.24, 2.45) is 0 Å². The number of aliphatic carboxylic acids is 1. The van der Waals surface area contributed by atoms with Gasteiger partial charge in [0, 0.05) is 44.6 Å². The van der Waals surface area contributed by atoms with Crippen LogP contribution in [0.4, 0.5) is 0 Å². The molecular formula is C48H45N3O8. The first kappa shape index (κ1) is 41.6. The van der Waals surface area contributed by atoms with Gasteiger partial charge in [-0.1, -0.05) is 140 Å². The number of ketones is 3. The van der Waals surface area contributed by atoms with Gasteiger partial charge in [0.1, 0.15) is 23.1 Å². The Morgan fingerprint density at radius 1 is 0.559 bits per heavy atom. The second-order valence-corrected chi connectivity index (χ2v) is 14.5. The van der Waals surface area contributed by atoms with E-state index in [0.29, 0.717) is 0 Å². The summed E-state index contributed by atoms with van der Waals surface area (Å²) in [6, 6.07) is 42.0. The van der Waals surface area contributed by atoms with Crippen LogP contribution in [-0.4, -0.2) is 58.7 Å². The van der Waals surface area contributed by atoms with E-state index in [1.54, 1.807) is 0 Å². The summed E-state index contributed by atoms with van der Waals surface area (Å²) in [6.07, 6.45) is -1.62. The van der Waals surface area contributed by atoms with Gasteiger partial charge in [0.2, 0.25) is 17.6 Å². The summed E-state index contributed by atoms with van der Waals surface area (Å²) < 4.78 is 0. The number of hydrogen-bond acceptors (Lipinski definition) is 7. The number of nitrogens with one attached hydrogen (secondary N) is 3. The Balaban J connectivity index is 1.22. The highest BCUT2D eigenvalue weighted by atomic mass is 16.4. The number of carboxylic acid groups (broad SMARTS) is 1. The molecule has 0 radical (unpaired) electrons. The quantitative estimate of drug-likeness (QED) is 0.0546. The Morgan fingerprint density at radius 3 is 1.49 bits per heavy atom. The molecule has 0 saturated carbocycles. The van der Waals surface area contributed by atoms with Gasteiger partial charge >= 0.3 is 5.97 Å². The van der Waals surface area contributed by atoms with Crippen molar-refractivity contribution in [3.8, 4) is 11.1 Å². The van der Waals surface area contributed by atoms with Crippen molar-refractivity contribution in [1.29, 1.82) is 0 Å². The van der Waals surface area contributed by atoms with Crippen LogP contribution in [0.2, 0.25) is 0 Å². The second-order valence-electron chi connectivity index (χ2n) is 14.5. The van der Waals surface area contributed by atoms with Crippen LogP contribution in [-0.2, 0) is 39.1 Å². The minimum atomic E-state index is -1.51. The average molecular weight is 792 g/mol. The molecule has 5 aromatic carbocycles. The van der Waals surface area contributed by atoms with E-state index < -0.39 is 47.5 Å². The maximum absolute atomic E-state index is 14.4. The molecule has 1 aliphatic carbocycles. The molecule has 1 unspecified atom stereocenters. The average Bonchev–Trinajstić information content (AvgIpc) is 3.57. The van der Waals surface area contributed by atoms with Gasteiger partial charge in [-0.25, -0.2) is 0 Å². The molecule has 11 nitrogen and oxygen atoms in total. The van der Waals surface area contributed by atoms with Crippen LogP contribution in [0.5, 0.6) is 0 Å². The molecular weight excluding hydrogens is 747 g/mol. The van der Waals surface area contributed by atoms with E-state index in [1.807, 2.05) is 140 Å². The highest BCUT2D eigenvalue weighted by molar-refractivity contribution is 6.36. The summed E-state index contributed by atoms with van der Waals surface area (Å²) in [5, 5.41) is 17.2. The van der Waals surface area contributed by atoms with Crippen LogP contribution in [0.3, 0.4) is 0 Å². The Morgan fingerprint density at radius 2 is 1.00 bits per heavy atom. The lowest BCUT2D eigenvalue weighted by molar-refractivity contribution is -0.140. The molecule has 5 aromatic rings. The van der Waals surface area contributed by atoms with E-state index in [9.17, 15) is 33.6 Å². The Bertz CT molecular complexity index is 2190. The number of amides is 3. The summed E-state index contributed by atoms with van der Waals surface area (Å²) in [4.78, 5) is 91.0. The minimum absolute atomic E-state index is 0.122. The van der Waals surface area contributed by atoms with Crippen molar-refractivity contribution >= 4 is 41.0 Å². The molecule has 0 heterocycles. The number of rotatable bonds is 20. The zero-order chi connectivity index (χ0) is 41.8. The van der Waals surface area contributed by atoms with Crippen LogP contribution in [0, 0.1) is 0 Å². The highest BCUT2D eigenvalue weighted by Gasteiger charge is 2.39. The number of fused-ring (bicyclic) bond motifs is 3. The Kier molecular flexibility index (Phi) is 13.7. The van der Waals surface area contributed by atoms with Crippen LogP contribution in [0.15, 0.2) is 140 Å². The summed E-state index contributed by atoms with van der Waals surface area (Å²) in [5.41, 5.74) is 4.78. The molecule has 4 N–H and O–H groups in total. The third kappa shape index (κ3) is 10.1. The third-order valence-electron chi connectivity index (χ3n) is 10.6. The fourth-order valence-electron chi connectivity index (χ4n) is 7.66. The van der Waals surface area contributed by atoms with Crippen molar-refractivity contribution in [3.63, 3.8) is 0 Å². The lowest BCUT2D eigenvalue weighted by Gasteiger charge is -2.37. The van der Waals surface area contributed by atoms with Crippen LogP contribution in [0.25, 0.3) is 11.1 Å². The second kappa shape index (κ2) is 19.4. The molecule has 59 heavy (non-hydrogen) atoms. The van der Waals surface area contributed by atoms with Gasteiger partial charge < -0.3 is 21.1 Å². The largest absolute Gasteiger partial charge is 0.481 e. The molecule has 3 amide bonds. The van der Waals surface area contributed by atoms with E-state index in [1.165, 1.54) is 0 Å². The topological polar surface area (TPSA) is 176 Å². The first-order valence-electron chi connectivity index (χ1n) is 19.6. The van der Waals surface area contributed by atoms with Crippen LogP contribution in [0.1, 0.15) is 78.7 Å². The van der Waals surface area contributed by atoms with E-state index >= 15 is 0 Å². The van der Waals surface area contributed by atoms with E-state index in [4.69, 9.17) is 5.11 Å². The number of benzene rings is 5. The van der Waals surface area contributed by atoms with Gasteiger partial charge in [0.25, 0.3) is 5.91 Å². The number of Topliss-reactive ketones (excluding diaryl/α,β-unsaturated/α-hetero) is 3. The molecule has 0 aromatic heterocycles. The lowest BCUT2D eigenvalue weighted by atomic mass is 9.77. The maximum Gasteiger partial charge on any atom is 0.303 e. The molecule has 1 atom stereocenters. The molecule has 300 valence electrons. The Labute approximate surface area is 342 Å². The van der Waals surface area contributed by atoms with E-state index in [0.717, 1.165) is 38.9 Å². The molecule has 0 aliphatic heterocycles. The monoisotopic (exact) mass is 791 g/mol. The standard InChI is InChI=1S/C48H45N3O8/c52-35(26-27-45(56)57)24-25-36(53)28-29-49-46(58)42(50-47(59)43(54)30-41-39-22-12-10-20-37(39)38-21-11-13-23-40(38)41)31-44(55)51-48(32-14-4-1-5-15-32,33-16-6-2-7-17-33)34-18-8-3-9-19-34/h1-23,41-42H,24-31H2,(H,49,58)(H,50,59)(H,51,55)(H,56,57). The van der Waals surface area contributed by atoms with Gasteiger partial charge in [-0.2, -0.15) is 0 Å². The zero-order valence-electron chi connectivity index (χ0n) is 32.4.